The maximum atomic E-state index is 12.3. The van der Waals surface area contributed by atoms with Gasteiger partial charge in [-0.2, -0.15) is 0 Å². The van der Waals surface area contributed by atoms with Crippen molar-refractivity contribution in [3.8, 4) is 0 Å². The van der Waals surface area contributed by atoms with Gasteiger partial charge in [-0.3, -0.25) is 14.5 Å². The molecule has 3 rings (SSSR count). The highest BCUT2D eigenvalue weighted by Crippen LogP contribution is 2.22. The minimum Gasteiger partial charge on any atom is -0.379 e. The predicted octanol–water partition coefficient (Wildman–Crippen LogP) is 1.02. The van der Waals surface area contributed by atoms with Gasteiger partial charge in [0.05, 0.1) is 30.9 Å². The Morgan fingerprint density at radius 1 is 1.28 bits per heavy atom. The van der Waals surface area contributed by atoms with Crippen LogP contribution in [0.25, 0.3) is 0 Å². The third-order valence-electron chi connectivity index (χ3n) is 4.60. The first kappa shape index (κ1) is 18.2. The van der Waals surface area contributed by atoms with E-state index in [1.165, 1.54) is 11.1 Å². The molecule has 1 aromatic carbocycles. The first-order valence-electron chi connectivity index (χ1n) is 8.64. The fourth-order valence-electron chi connectivity index (χ4n) is 3.12. The van der Waals surface area contributed by atoms with Crippen LogP contribution in [0.15, 0.2) is 24.3 Å². The molecule has 0 aliphatic carbocycles. The van der Waals surface area contributed by atoms with Gasteiger partial charge in [-0.05, 0) is 12.5 Å². The first-order valence-corrected chi connectivity index (χ1v) is 9.79. The van der Waals surface area contributed by atoms with Gasteiger partial charge in [0.2, 0.25) is 11.8 Å². The Kier molecular flexibility index (Phi) is 6.34. The molecule has 1 aromatic rings. The SMILES string of the molecule is Cc1ccc(C(CNC(=O)CN2CSCC2=O)N2CCOCC2)cc1. The Labute approximate surface area is 152 Å². The van der Waals surface area contributed by atoms with Crippen LogP contribution in [0.4, 0.5) is 0 Å². The number of hydrogen-bond acceptors (Lipinski definition) is 5. The average Bonchev–Trinajstić information content (AvgIpc) is 3.02. The smallest absolute Gasteiger partial charge is 0.239 e. The van der Waals surface area contributed by atoms with Crippen LogP contribution in [0.1, 0.15) is 17.2 Å². The minimum absolute atomic E-state index is 0.0448. The van der Waals surface area contributed by atoms with Crippen molar-refractivity contribution in [2.24, 2.45) is 0 Å². The molecule has 7 heteroatoms. The lowest BCUT2D eigenvalue weighted by molar-refractivity contribution is -0.132. The van der Waals surface area contributed by atoms with Gasteiger partial charge in [0.25, 0.3) is 0 Å². The molecule has 0 bridgehead atoms. The molecule has 2 saturated heterocycles. The number of ether oxygens (including phenoxy) is 1. The van der Waals surface area contributed by atoms with Crippen LogP contribution >= 0.6 is 11.8 Å². The van der Waals surface area contributed by atoms with E-state index in [0.717, 1.165) is 26.3 Å². The van der Waals surface area contributed by atoms with Crippen molar-refractivity contribution in [1.29, 1.82) is 0 Å². The zero-order valence-electron chi connectivity index (χ0n) is 14.6. The van der Waals surface area contributed by atoms with Crippen molar-refractivity contribution in [2.75, 3.05) is 51.0 Å². The molecule has 0 radical (unpaired) electrons. The van der Waals surface area contributed by atoms with Crippen molar-refractivity contribution in [1.82, 2.24) is 15.1 Å². The van der Waals surface area contributed by atoms with Gasteiger partial charge in [-0.25, -0.2) is 0 Å². The number of morpholine rings is 1. The van der Waals surface area contributed by atoms with Gasteiger partial charge in [0, 0.05) is 19.6 Å². The number of carbonyl (C=O) groups is 2. The van der Waals surface area contributed by atoms with Crippen molar-refractivity contribution >= 4 is 23.6 Å². The maximum absolute atomic E-state index is 12.3. The number of carbonyl (C=O) groups excluding carboxylic acids is 2. The number of amides is 2. The molecule has 2 fully saturated rings. The van der Waals surface area contributed by atoms with Crippen LogP contribution in [0.5, 0.6) is 0 Å². The van der Waals surface area contributed by atoms with E-state index in [-0.39, 0.29) is 24.4 Å². The minimum atomic E-state index is -0.0961. The lowest BCUT2D eigenvalue weighted by atomic mass is 10.0. The second kappa shape index (κ2) is 8.69. The second-order valence-corrected chi connectivity index (χ2v) is 7.40. The summed E-state index contributed by atoms with van der Waals surface area (Å²) >= 11 is 1.55. The molecular formula is C18H25N3O3S. The van der Waals surface area contributed by atoms with Crippen LogP contribution in [0.3, 0.4) is 0 Å². The third kappa shape index (κ3) is 4.96. The molecule has 2 amide bonds. The Morgan fingerprint density at radius 3 is 2.64 bits per heavy atom. The van der Waals surface area contributed by atoms with E-state index in [9.17, 15) is 9.59 Å². The summed E-state index contributed by atoms with van der Waals surface area (Å²) in [5.41, 5.74) is 2.42. The normalized spacial score (nSPS) is 19.9. The fourth-order valence-corrected chi connectivity index (χ4v) is 4.02. The second-order valence-electron chi connectivity index (χ2n) is 6.45. The maximum Gasteiger partial charge on any atom is 0.239 e. The van der Waals surface area contributed by atoms with E-state index < -0.39 is 0 Å². The molecule has 1 N–H and O–H groups in total. The number of hydrogen-bond donors (Lipinski definition) is 1. The molecule has 6 nitrogen and oxygen atoms in total. The summed E-state index contributed by atoms with van der Waals surface area (Å²) in [5, 5.41) is 3.02. The summed E-state index contributed by atoms with van der Waals surface area (Å²) < 4.78 is 5.46. The quantitative estimate of drug-likeness (QED) is 0.818. The largest absolute Gasteiger partial charge is 0.379 e. The number of nitrogens with zero attached hydrogens (tertiary/aromatic N) is 2. The molecule has 136 valence electrons. The highest BCUT2D eigenvalue weighted by atomic mass is 32.2. The number of aryl methyl sites for hydroxylation is 1. The Morgan fingerprint density at radius 2 is 2.00 bits per heavy atom. The Bertz CT molecular complexity index is 602. The molecule has 0 aromatic heterocycles. The van der Waals surface area contributed by atoms with Crippen LogP contribution in [0.2, 0.25) is 0 Å². The first-order chi connectivity index (χ1) is 12.1. The van der Waals surface area contributed by atoms with E-state index in [0.29, 0.717) is 18.2 Å². The summed E-state index contributed by atoms with van der Waals surface area (Å²) in [6, 6.07) is 8.58. The molecule has 0 saturated carbocycles. The summed E-state index contributed by atoms with van der Waals surface area (Å²) in [5.74, 6) is 1.04. The van der Waals surface area contributed by atoms with Gasteiger partial charge in [-0.1, -0.05) is 29.8 Å². The molecule has 1 unspecified atom stereocenters. The topological polar surface area (TPSA) is 61.9 Å². The van der Waals surface area contributed by atoms with E-state index in [1.807, 2.05) is 0 Å². The monoisotopic (exact) mass is 363 g/mol. The molecule has 2 aliphatic rings. The molecular weight excluding hydrogens is 338 g/mol. The molecule has 2 aliphatic heterocycles. The highest BCUT2D eigenvalue weighted by molar-refractivity contribution is 8.00. The Hall–Kier alpha value is -1.57. The van der Waals surface area contributed by atoms with Gasteiger partial charge >= 0.3 is 0 Å². The predicted molar refractivity (Wildman–Crippen MR) is 98.4 cm³/mol. The van der Waals surface area contributed by atoms with E-state index >= 15 is 0 Å². The summed E-state index contributed by atoms with van der Waals surface area (Å²) in [7, 11) is 0. The average molecular weight is 363 g/mol. The zero-order valence-corrected chi connectivity index (χ0v) is 15.4. The highest BCUT2D eigenvalue weighted by Gasteiger charge is 2.25. The van der Waals surface area contributed by atoms with Gasteiger partial charge in [0.1, 0.15) is 6.54 Å². The molecule has 1 atom stereocenters. The van der Waals surface area contributed by atoms with Crippen LogP contribution in [-0.2, 0) is 14.3 Å². The van der Waals surface area contributed by atoms with Gasteiger partial charge in [-0.15, -0.1) is 11.8 Å². The lowest BCUT2D eigenvalue weighted by Crippen LogP contribution is -2.45. The van der Waals surface area contributed by atoms with Crippen molar-refractivity contribution < 1.29 is 14.3 Å². The third-order valence-corrected chi connectivity index (χ3v) is 5.55. The number of rotatable bonds is 6. The van der Waals surface area contributed by atoms with Crippen molar-refractivity contribution in [2.45, 2.75) is 13.0 Å². The fraction of sp³-hybridized carbons (Fsp3) is 0.556. The van der Waals surface area contributed by atoms with Crippen LogP contribution < -0.4 is 5.32 Å². The van der Waals surface area contributed by atoms with E-state index in [2.05, 4.69) is 41.4 Å². The molecule has 2 heterocycles. The van der Waals surface area contributed by atoms with Crippen molar-refractivity contribution in [3.63, 3.8) is 0 Å². The lowest BCUT2D eigenvalue weighted by Gasteiger charge is -2.35. The van der Waals surface area contributed by atoms with Crippen molar-refractivity contribution in [3.05, 3.63) is 35.4 Å². The van der Waals surface area contributed by atoms with Crippen LogP contribution in [-0.4, -0.2) is 72.6 Å². The number of thioether (sulfide) groups is 1. The van der Waals surface area contributed by atoms with Gasteiger partial charge in [0.15, 0.2) is 0 Å². The van der Waals surface area contributed by atoms with Gasteiger partial charge < -0.3 is 15.0 Å². The summed E-state index contributed by atoms with van der Waals surface area (Å²) in [6.45, 7) is 5.91. The summed E-state index contributed by atoms with van der Waals surface area (Å²) in [6.07, 6.45) is 0. The zero-order chi connectivity index (χ0) is 17.6. The standard InChI is InChI=1S/C18H25N3O3S/c1-14-2-4-15(5-3-14)16(20-6-8-24-9-7-20)10-19-17(22)11-21-13-25-12-18(21)23/h2-5,16H,6-13H2,1H3,(H,19,22). The molecule has 25 heavy (non-hydrogen) atoms. The summed E-state index contributed by atoms with van der Waals surface area (Å²) in [4.78, 5) is 27.9. The molecule has 0 spiro atoms. The number of benzene rings is 1. The Balaban J connectivity index is 1.61. The van der Waals surface area contributed by atoms with E-state index in [4.69, 9.17) is 4.74 Å². The number of nitrogens with one attached hydrogen (secondary N) is 1. The van der Waals surface area contributed by atoms with Crippen LogP contribution in [0, 0.1) is 6.92 Å². The van der Waals surface area contributed by atoms with E-state index in [1.54, 1.807) is 16.7 Å².